The van der Waals surface area contributed by atoms with Gasteiger partial charge in [-0.3, -0.25) is 10.1 Å². The number of carboxylic acids is 1. The molecule has 0 aliphatic heterocycles. The molecule has 21 heavy (non-hydrogen) atoms. The van der Waals surface area contributed by atoms with Gasteiger partial charge in [0.1, 0.15) is 5.56 Å². The summed E-state index contributed by atoms with van der Waals surface area (Å²) in [4.78, 5) is 21.5. The number of hydrogen-bond donors (Lipinski definition) is 2. The normalized spacial score (nSPS) is 10.1. The van der Waals surface area contributed by atoms with Crippen molar-refractivity contribution in [1.29, 1.82) is 0 Å². The molecule has 0 radical (unpaired) electrons. The van der Waals surface area contributed by atoms with Crippen LogP contribution in [0, 0.1) is 17.0 Å². The number of carboxylic acid groups (broad SMARTS) is 1. The van der Waals surface area contributed by atoms with Gasteiger partial charge in [-0.1, -0.05) is 30.3 Å². The maximum atomic E-state index is 11.3. The number of benzene rings is 2. The molecule has 0 saturated carbocycles. The minimum absolute atomic E-state index is 0.203. The molecule has 0 spiro atoms. The molecule has 0 aliphatic carbocycles. The number of anilines is 1. The number of carbonyl (C=O) groups is 1. The van der Waals surface area contributed by atoms with Crippen LogP contribution in [0.1, 0.15) is 21.5 Å². The van der Waals surface area contributed by atoms with Crippen LogP contribution in [-0.2, 0) is 6.54 Å². The molecule has 0 saturated heterocycles. The second kappa shape index (κ2) is 6.04. The molecule has 2 rings (SSSR count). The zero-order chi connectivity index (χ0) is 15.4. The molecule has 108 valence electrons. The van der Waals surface area contributed by atoms with Gasteiger partial charge < -0.3 is 10.4 Å². The lowest BCUT2D eigenvalue weighted by molar-refractivity contribution is -0.385. The van der Waals surface area contributed by atoms with Crippen LogP contribution >= 0.6 is 0 Å². The average molecular weight is 286 g/mol. The lowest BCUT2D eigenvalue weighted by Gasteiger charge is -2.11. The standard InChI is InChI=1S/C15H14N2O4/c1-10-5-2-3-7-12(10)16-9-11-6-4-8-13(17(20)21)14(11)15(18)19/h2-8,16H,9H2,1H3,(H,18,19). The minimum Gasteiger partial charge on any atom is -0.477 e. The molecule has 2 aromatic carbocycles. The van der Waals surface area contributed by atoms with Gasteiger partial charge >= 0.3 is 5.97 Å². The van der Waals surface area contributed by atoms with Crippen LogP contribution in [0.15, 0.2) is 42.5 Å². The Morgan fingerprint density at radius 3 is 2.57 bits per heavy atom. The highest BCUT2D eigenvalue weighted by atomic mass is 16.6. The van der Waals surface area contributed by atoms with Crippen molar-refractivity contribution in [1.82, 2.24) is 0 Å². The van der Waals surface area contributed by atoms with E-state index in [0.29, 0.717) is 5.56 Å². The maximum absolute atomic E-state index is 11.3. The van der Waals surface area contributed by atoms with Crippen molar-refractivity contribution in [2.45, 2.75) is 13.5 Å². The van der Waals surface area contributed by atoms with Gasteiger partial charge in [-0.05, 0) is 24.1 Å². The zero-order valence-electron chi connectivity index (χ0n) is 11.4. The van der Waals surface area contributed by atoms with Crippen LogP contribution in [0.25, 0.3) is 0 Å². The molecule has 0 heterocycles. The summed E-state index contributed by atoms with van der Waals surface area (Å²) in [6, 6.07) is 11.8. The van der Waals surface area contributed by atoms with E-state index in [2.05, 4.69) is 5.32 Å². The van der Waals surface area contributed by atoms with Crippen LogP contribution < -0.4 is 5.32 Å². The molecule has 2 N–H and O–H groups in total. The van der Waals surface area contributed by atoms with Crippen LogP contribution in [0.3, 0.4) is 0 Å². The Morgan fingerprint density at radius 2 is 1.95 bits per heavy atom. The zero-order valence-corrected chi connectivity index (χ0v) is 11.4. The smallest absolute Gasteiger partial charge is 0.343 e. The van der Waals surface area contributed by atoms with E-state index in [1.54, 1.807) is 6.07 Å². The Balaban J connectivity index is 2.32. The van der Waals surface area contributed by atoms with E-state index < -0.39 is 16.6 Å². The number of nitro benzene ring substituents is 1. The van der Waals surface area contributed by atoms with Gasteiger partial charge in [0.15, 0.2) is 0 Å². The number of nitro groups is 1. The third-order valence-corrected chi connectivity index (χ3v) is 3.15. The first-order valence-electron chi connectivity index (χ1n) is 6.29. The lowest BCUT2D eigenvalue weighted by atomic mass is 10.0. The first-order chi connectivity index (χ1) is 10.0. The third kappa shape index (κ3) is 3.17. The van der Waals surface area contributed by atoms with Crippen LogP contribution in [0.5, 0.6) is 0 Å². The molecule has 6 nitrogen and oxygen atoms in total. The fraction of sp³-hybridized carbons (Fsp3) is 0.133. The summed E-state index contributed by atoms with van der Waals surface area (Å²) in [6.45, 7) is 2.13. The second-order valence-corrected chi connectivity index (χ2v) is 4.54. The highest BCUT2D eigenvalue weighted by Crippen LogP contribution is 2.24. The molecular weight excluding hydrogens is 272 g/mol. The molecule has 0 unspecified atom stereocenters. The maximum Gasteiger partial charge on any atom is 0.343 e. The number of para-hydroxylation sites is 1. The van der Waals surface area contributed by atoms with E-state index in [1.165, 1.54) is 12.1 Å². The van der Waals surface area contributed by atoms with Crippen molar-refractivity contribution in [2.24, 2.45) is 0 Å². The topological polar surface area (TPSA) is 92.5 Å². The summed E-state index contributed by atoms with van der Waals surface area (Å²) in [6.07, 6.45) is 0. The van der Waals surface area contributed by atoms with Gasteiger partial charge in [0.05, 0.1) is 4.92 Å². The lowest BCUT2D eigenvalue weighted by Crippen LogP contribution is -2.10. The van der Waals surface area contributed by atoms with Gasteiger partial charge in [-0.2, -0.15) is 0 Å². The molecule has 0 aromatic heterocycles. The van der Waals surface area contributed by atoms with Crippen LogP contribution in [0.4, 0.5) is 11.4 Å². The van der Waals surface area contributed by atoms with Crippen molar-refractivity contribution < 1.29 is 14.8 Å². The van der Waals surface area contributed by atoms with E-state index in [1.807, 2.05) is 31.2 Å². The number of nitrogens with zero attached hydrogens (tertiary/aromatic N) is 1. The molecule has 0 aliphatic rings. The summed E-state index contributed by atoms with van der Waals surface area (Å²) < 4.78 is 0. The van der Waals surface area contributed by atoms with Gasteiger partial charge in [-0.25, -0.2) is 4.79 Å². The van der Waals surface area contributed by atoms with E-state index in [-0.39, 0.29) is 12.1 Å². The van der Waals surface area contributed by atoms with E-state index in [4.69, 9.17) is 0 Å². The molecular formula is C15H14N2O4. The highest BCUT2D eigenvalue weighted by molar-refractivity contribution is 5.94. The Labute approximate surface area is 121 Å². The number of aromatic carboxylic acids is 1. The third-order valence-electron chi connectivity index (χ3n) is 3.15. The summed E-state index contributed by atoms with van der Waals surface area (Å²) in [5.74, 6) is -1.30. The Hall–Kier alpha value is -2.89. The highest BCUT2D eigenvalue weighted by Gasteiger charge is 2.23. The fourth-order valence-electron chi connectivity index (χ4n) is 2.09. The second-order valence-electron chi connectivity index (χ2n) is 4.54. The van der Waals surface area contributed by atoms with Crippen LogP contribution in [0.2, 0.25) is 0 Å². The fourth-order valence-corrected chi connectivity index (χ4v) is 2.09. The quantitative estimate of drug-likeness (QED) is 0.650. The number of aryl methyl sites for hydroxylation is 1. The molecule has 0 fully saturated rings. The molecule has 0 bridgehead atoms. The molecule has 6 heteroatoms. The largest absolute Gasteiger partial charge is 0.477 e. The van der Waals surface area contributed by atoms with Crippen molar-refractivity contribution in [2.75, 3.05) is 5.32 Å². The molecule has 2 aromatic rings. The number of nitrogens with one attached hydrogen (secondary N) is 1. The molecule has 0 amide bonds. The summed E-state index contributed by atoms with van der Waals surface area (Å²) in [7, 11) is 0. The summed E-state index contributed by atoms with van der Waals surface area (Å²) in [5.41, 5.74) is 1.58. The summed E-state index contributed by atoms with van der Waals surface area (Å²) in [5, 5.41) is 23.2. The Kier molecular flexibility index (Phi) is 4.18. The first kappa shape index (κ1) is 14.5. The van der Waals surface area contributed by atoms with E-state index in [0.717, 1.165) is 11.3 Å². The molecule has 0 atom stereocenters. The Bertz CT molecular complexity index is 698. The van der Waals surface area contributed by atoms with E-state index in [9.17, 15) is 20.0 Å². The van der Waals surface area contributed by atoms with Gasteiger partial charge in [0.25, 0.3) is 5.69 Å². The van der Waals surface area contributed by atoms with Gasteiger partial charge in [0, 0.05) is 18.3 Å². The Morgan fingerprint density at radius 1 is 1.24 bits per heavy atom. The van der Waals surface area contributed by atoms with Crippen LogP contribution in [-0.4, -0.2) is 16.0 Å². The monoisotopic (exact) mass is 286 g/mol. The van der Waals surface area contributed by atoms with Crippen molar-refractivity contribution in [3.8, 4) is 0 Å². The first-order valence-corrected chi connectivity index (χ1v) is 6.29. The predicted octanol–water partition coefficient (Wildman–Crippen LogP) is 3.21. The van der Waals surface area contributed by atoms with Crippen molar-refractivity contribution >= 4 is 17.3 Å². The average Bonchev–Trinajstić information content (AvgIpc) is 2.45. The van der Waals surface area contributed by atoms with E-state index >= 15 is 0 Å². The predicted molar refractivity (Wildman–Crippen MR) is 78.6 cm³/mol. The minimum atomic E-state index is -1.30. The number of rotatable bonds is 5. The summed E-state index contributed by atoms with van der Waals surface area (Å²) >= 11 is 0. The van der Waals surface area contributed by atoms with Crippen molar-refractivity contribution in [3.63, 3.8) is 0 Å². The van der Waals surface area contributed by atoms with Crippen molar-refractivity contribution in [3.05, 3.63) is 69.3 Å². The number of hydrogen-bond acceptors (Lipinski definition) is 4. The SMILES string of the molecule is Cc1ccccc1NCc1cccc([N+](=O)[O-])c1C(=O)O. The van der Waals surface area contributed by atoms with Gasteiger partial charge in [-0.15, -0.1) is 0 Å². The van der Waals surface area contributed by atoms with Gasteiger partial charge in [0.2, 0.25) is 0 Å².